The molecule has 4 rings (SSSR count). The average Bonchev–Trinajstić information content (AvgIpc) is 2.85. The zero-order valence-corrected chi connectivity index (χ0v) is 19.8. The van der Waals surface area contributed by atoms with E-state index in [0.29, 0.717) is 35.4 Å². The summed E-state index contributed by atoms with van der Waals surface area (Å²) in [6.07, 6.45) is -2.01. The highest BCUT2D eigenvalue weighted by Crippen LogP contribution is 2.36. The minimum atomic E-state index is -4.69. The van der Waals surface area contributed by atoms with E-state index >= 15 is 4.39 Å². The fourth-order valence-electron chi connectivity index (χ4n) is 3.85. The van der Waals surface area contributed by atoms with Crippen molar-refractivity contribution in [1.82, 2.24) is 15.0 Å². The molecule has 0 unspecified atom stereocenters. The maximum Gasteiger partial charge on any atom is 0.417 e. The first-order chi connectivity index (χ1) is 17.1. The van der Waals surface area contributed by atoms with Crippen molar-refractivity contribution in [3.05, 3.63) is 76.6 Å². The number of nitriles is 1. The van der Waals surface area contributed by atoms with Crippen LogP contribution in [0.3, 0.4) is 0 Å². The first-order valence-electron chi connectivity index (χ1n) is 11.2. The van der Waals surface area contributed by atoms with Gasteiger partial charge in [-0.05, 0) is 55.3 Å². The highest BCUT2D eigenvalue weighted by molar-refractivity contribution is 5.87. The monoisotopic (exact) mass is 494 g/mol. The fraction of sp³-hybridized carbons (Fsp3) is 0.231. The van der Waals surface area contributed by atoms with Gasteiger partial charge < -0.3 is 10.6 Å². The number of nitrogens with one attached hydrogen (secondary N) is 2. The fourth-order valence-corrected chi connectivity index (χ4v) is 3.85. The number of halogens is 4. The first kappa shape index (κ1) is 24.9. The Balaban J connectivity index is 1.75. The standard InChI is InChI=1S/C26H22F4N6/c1-4-21-18-10-17(12-20(27)24(18)36-22(5-2)35-21)33-23-14(3)8-9-32-25(23)34-16-7-6-15(13-31)19(11-16)26(28,29)30/h6-12,33H,4-5H2,1-3H3,(H,32,34). The maximum atomic E-state index is 15.1. The first-order valence-corrected chi connectivity index (χ1v) is 11.2. The molecule has 0 atom stereocenters. The third-order valence-electron chi connectivity index (χ3n) is 5.67. The van der Waals surface area contributed by atoms with Gasteiger partial charge in [-0.2, -0.15) is 18.4 Å². The Hall–Kier alpha value is -4.26. The van der Waals surface area contributed by atoms with Gasteiger partial charge in [-0.1, -0.05) is 13.8 Å². The lowest BCUT2D eigenvalue weighted by Crippen LogP contribution is -2.09. The highest BCUT2D eigenvalue weighted by atomic mass is 19.4. The third-order valence-corrected chi connectivity index (χ3v) is 5.67. The summed E-state index contributed by atoms with van der Waals surface area (Å²) in [5.41, 5.74) is 1.13. The van der Waals surface area contributed by atoms with E-state index in [9.17, 15) is 13.2 Å². The Bertz CT molecular complexity index is 1490. The Morgan fingerprint density at radius 1 is 0.972 bits per heavy atom. The molecule has 0 saturated carbocycles. The van der Waals surface area contributed by atoms with E-state index in [0.717, 1.165) is 23.4 Å². The lowest BCUT2D eigenvalue weighted by atomic mass is 10.1. The summed E-state index contributed by atoms with van der Waals surface area (Å²) in [4.78, 5) is 13.1. The molecular weight excluding hydrogens is 472 g/mol. The molecule has 4 aromatic rings. The van der Waals surface area contributed by atoms with E-state index in [1.54, 1.807) is 25.1 Å². The van der Waals surface area contributed by atoms with Gasteiger partial charge in [-0.3, -0.25) is 0 Å². The van der Waals surface area contributed by atoms with Crippen molar-refractivity contribution in [1.29, 1.82) is 5.26 Å². The van der Waals surface area contributed by atoms with Crippen molar-refractivity contribution in [2.45, 2.75) is 39.8 Å². The molecule has 6 nitrogen and oxygen atoms in total. The number of nitrogens with zero attached hydrogens (tertiary/aromatic N) is 4. The van der Waals surface area contributed by atoms with Crippen molar-refractivity contribution in [2.75, 3.05) is 10.6 Å². The molecule has 2 N–H and O–H groups in total. The van der Waals surface area contributed by atoms with Crippen molar-refractivity contribution >= 4 is 33.8 Å². The normalized spacial score (nSPS) is 11.4. The third kappa shape index (κ3) is 4.91. The number of fused-ring (bicyclic) bond motifs is 1. The summed E-state index contributed by atoms with van der Waals surface area (Å²) in [6, 6.07) is 9.67. The molecule has 2 heterocycles. The van der Waals surface area contributed by atoms with Gasteiger partial charge in [0.25, 0.3) is 0 Å². The number of anilines is 4. The molecule has 0 bridgehead atoms. The van der Waals surface area contributed by atoms with Crippen LogP contribution in [0.2, 0.25) is 0 Å². The number of rotatable bonds is 6. The van der Waals surface area contributed by atoms with Crippen LogP contribution >= 0.6 is 0 Å². The summed E-state index contributed by atoms with van der Waals surface area (Å²) in [6.45, 7) is 5.62. The van der Waals surface area contributed by atoms with Crippen LogP contribution in [0.15, 0.2) is 42.6 Å². The second-order valence-corrected chi connectivity index (χ2v) is 8.12. The number of aryl methyl sites for hydroxylation is 3. The number of aromatic nitrogens is 3. The lowest BCUT2D eigenvalue weighted by molar-refractivity contribution is -0.137. The molecule has 0 aliphatic carbocycles. The molecular formula is C26H22F4N6. The molecule has 10 heteroatoms. The molecule has 0 aliphatic heterocycles. The Labute approximate surface area is 205 Å². The summed E-state index contributed by atoms with van der Waals surface area (Å²) in [5, 5.41) is 15.6. The zero-order valence-electron chi connectivity index (χ0n) is 19.8. The molecule has 0 fully saturated rings. The summed E-state index contributed by atoms with van der Waals surface area (Å²) < 4.78 is 55.3. The van der Waals surface area contributed by atoms with Gasteiger partial charge in [0.2, 0.25) is 0 Å². The molecule has 0 saturated heterocycles. The number of alkyl halides is 3. The lowest BCUT2D eigenvalue weighted by Gasteiger charge is -2.17. The second-order valence-electron chi connectivity index (χ2n) is 8.12. The van der Waals surface area contributed by atoms with E-state index in [1.807, 2.05) is 13.8 Å². The van der Waals surface area contributed by atoms with E-state index in [2.05, 4.69) is 25.6 Å². The van der Waals surface area contributed by atoms with Crippen molar-refractivity contribution < 1.29 is 17.6 Å². The second kappa shape index (κ2) is 9.77. The van der Waals surface area contributed by atoms with Gasteiger partial charge >= 0.3 is 6.18 Å². The van der Waals surface area contributed by atoms with Gasteiger partial charge in [-0.25, -0.2) is 19.3 Å². The summed E-state index contributed by atoms with van der Waals surface area (Å²) >= 11 is 0. The van der Waals surface area contributed by atoms with E-state index in [4.69, 9.17) is 5.26 Å². The molecule has 0 radical (unpaired) electrons. The maximum absolute atomic E-state index is 15.1. The van der Waals surface area contributed by atoms with Gasteiger partial charge in [0.1, 0.15) is 11.3 Å². The smallest absolute Gasteiger partial charge is 0.352 e. The van der Waals surface area contributed by atoms with Crippen LogP contribution in [0.1, 0.15) is 42.1 Å². The topological polar surface area (TPSA) is 86.5 Å². The largest absolute Gasteiger partial charge is 0.417 e. The minimum Gasteiger partial charge on any atom is -0.352 e. The Kier molecular flexibility index (Phi) is 6.75. The SMILES string of the molecule is CCc1nc(CC)c2cc(Nc3c(C)ccnc3Nc3ccc(C#N)c(C(F)(F)F)c3)cc(F)c2n1. The van der Waals surface area contributed by atoms with Crippen LogP contribution in [0.5, 0.6) is 0 Å². The highest BCUT2D eigenvalue weighted by Gasteiger charge is 2.34. The predicted octanol–water partition coefficient (Wildman–Crippen LogP) is 6.97. The number of benzene rings is 2. The van der Waals surface area contributed by atoms with Crippen molar-refractivity contribution in [3.8, 4) is 6.07 Å². The van der Waals surface area contributed by atoms with Crippen LogP contribution in [-0.2, 0) is 19.0 Å². The average molecular weight is 494 g/mol. The van der Waals surface area contributed by atoms with Crippen molar-refractivity contribution in [2.24, 2.45) is 0 Å². The Morgan fingerprint density at radius 3 is 2.42 bits per heavy atom. The predicted molar refractivity (Wildman–Crippen MR) is 130 cm³/mol. The van der Waals surface area contributed by atoms with E-state index in [1.165, 1.54) is 18.3 Å². The van der Waals surface area contributed by atoms with Gasteiger partial charge in [0.05, 0.1) is 28.6 Å². The van der Waals surface area contributed by atoms with Crippen LogP contribution in [0, 0.1) is 24.1 Å². The molecule has 0 aliphatic rings. The van der Waals surface area contributed by atoms with Gasteiger partial charge in [-0.15, -0.1) is 0 Å². The summed E-state index contributed by atoms with van der Waals surface area (Å²) in [5.74, 6) is 0.288. The van der Waals surface area contributed by atoms with Gasteiger partial charge in [0, 0.05) is 29.4 Å². The van der Waals surface area contributed by atoms with Crippen LogP contribution in [0.4, 0.5) is 40.4 Å². The molecule has 0 amide bonds. The zero-order chi connectivity index (χ0) is 26.0. The quantitative estimate of drug-likeness (QED) is 0.281. The minimum absolute atomic E-state index is 0.0981. The van der Waals surface area contributed by atoms with E-state index in [-0.39, 0.29) is 17.0 Å². The van der Waals surface area contributed by atoms with Crippen molar-refractivity contribution in [3.63, 3.8) is 0 Å². The van der Waals surface area contributed by atoms with Crippen LogP contribution < -0.4 is 10.6 Å². The summed E-state index contributed by atoms with van der Waals surface area (Å²) in [7, 11) is 0. The Morgan fingerprint density at radius 2 is 1.75 bits per heavy atom. The van der Waals surface area contributed by atoms with Crippen LogP contribution in [-0.4, -0.2) is 15.0 Å². The van der Waals surface area contributed by atoms with E-state index < -0.39 is 23.1 Å². The molecule has 2 aromatic carbocycles. The number of hydrogen-bond donors (Lipinski definition) is 2. The number of hydrogen-bond acceptors (Lipinski definition) is 6. The molecule has 0 spiro atoms. The van der Waals surface area contributed by atoms with Gasteiger partial charge in [0.15, 0.2) is 11.6 Å². The number of pyridine rings is 1. The molecule has 184 valence electrons. The molecule has 36 heavy (non-hydrogen) atoms. The van der Waals surface area contributed by atoms with Crippen LogP contribution in [0.25, 0.3) is 10.9 Å². The molecule has 2 aromatic heterocycles.